The van der Waals surface area contributed by atoms with Gasteiger partial charge in [-0.15, -0.1) is 0 Å². The van der Waals surface area contributed by atoms with Gasteiger partial charge in [0.25, 0.3) is 0 Å². The van der Waals surface area contributed by atoms with Crippen LogP contribution in [0.15, 0.2) is 10.8 Å². The van der Waals surface area contributed by atoms with Crippen LogP contribution in [-0.4, -0.2) is 11.1 Å². The predicted octanol–water partition coefficient (Wildman–Crippen LogP) is 2.17. The van der Waals surface area contributed by atoms with Crippen LogP contribution in [0.4, 0.5) is 0 Å². The van der Waals surface area contributed by atoms with Crippen LogP contribution in [0.3, 0.4) is 0 Å². The molecule has 2 nitrogen and oxygen atoms in total. The van der Waals surface area contributed by atoms with E-state index in [4.69, 9.17) is 5.73 Å². The van der Waals surface area contributed by atoms with Gasteiger partial charge in [0.1, 0.15) is 0 Å². The van der Waals surface area contributed by atoms with Gasteiger partial charge in [0, 0.05) is 13.2 Å². The first-order chi connectivity index (χ1) is 6.24. The molecule has 0 saturated heterocycles. The third kappa shape index (κ3) is 1.44. The van der Waals surface area contributed by atoms with Crippen molar-refractivity contribution in [2.24, 2.45) is 12.8 Å². The first-order valence-corrected chi connectivity index (χ1v) is 5.57. The number of fused-ring (bicyclic) bond motifs is 1. The normalized spacial score (nSPS) is 21.6. The van der Waals surface area contributed by atoms with Crippen molar-refractivity contribution in [3.8, 4) is 0 Å². The summed E-state index contributed by atoms with van der Waals surface area (Å²) in [4.78, 5) is 0. The molecule has 0 amide bonds. The zero-order chi connectivity index (χ0) is 9.42. The molecule has 72 valence electrons. The van der Waals surface area contributed by atoms with Gasteiger partial charge in [0.2, 0.25) is 0 Å². The molecule has 0 aromatic carbocycles. The maximum atomic E-state index is 5.75. The summed E-state index contributed by atoms with van der Waals surface area (Å²) in [5.74, 6) is 0.584. The third-order valence-corrected chi connectivity index (χ3v) is 3.98. The standard InChI is InChI=1S/C10H15BrN2/c1-13-6-9-7(5-12)3-2-4-8(9)10(13)11/h6-7H,2-5,12H2,1H3. The molecule has 2 rings (SSSR count). The van der Waals surface area contributed by atoms with E-state index in [1.54, 1.807) is 0 Å². The fourth-order valence-electron chi connectivity index (χ4n) is 2.20. The SMILES string of the molecule is Cn1cc2c(c1Br)CCCC2CN. The monoisotopic (exact) mass is 242 g/mol. The molecule has 0 fully saturated rings. The fraction of sp³-hybridized carbons (Fsp3) is 0.600. The smallest absolute Gasteiger partial charge is 0.0879 e. The van der Waals surface area contributed by atoms with E-state index >= 15 is 0 Å². The van der Waals surface area contributed by atoms with Crippen LogP contribution in [0.5, 0.6) is 0 Å². The molecule has 1 aliphatic carbocycles. The highest BCUT2D eigenvalue weighted by Gasteiger charge is 2.23. The Morgan fingerprint density at radius 3 is 3.15 bits per heavy atom. The summed E-state index contributed by atoms with van der Waals surface area (Å²) in [6.07, 6.45) is 5.95. The zero-order valence-corrected chi connectivity index (χ0v) is 9.47. The van der Waals surface area contributed by atoms with Crippen molar-refractivity contribution in [2.75, 3.05) is 6.54 Å². The molecule has 0 saturated carbocycles. The van der Waals surface area contributed by atoms with E-state index < -0.39 is 0 Å². The fourth-order valence-corrected chi connectivity index (χ4v) is 2.73. The Labute approximate surface area is 87.2 Å². The van der Waals surface area contributed by atoms with Crippen LogP contribution < -0.4 is 5.73 Å². The molecule has 0 bridgehead atoms. The number of nitrogens with zero attached hydrogens (tertiary/aromatic N) is 1. The van der Waals surface area contributed by atoms with E-state index in [2.05, 4.69) is 33.7 Å². The van der Waals surface area contributed by atoms with Crippen molar-refractivity contribution >= 4 is 15.9 Å². The first kappa shape index (κ1) is 9.28. The summed E-state index contributed by atoms with van der Waals surface area (Å²) in [5, 5.41) is 0. The number of halogens is 1. The molecule has 0 radical (unpaired) electrons. The predicted molar refractivity (Wildman–Crippen MR) is 57.8 cm³/mol. The number of rotatable bonds is 1. The van der Waals surface area contributed by atoms with Crippen LogP contribution in [-0.2, 0) is 13.5 Å². The largest absolute Gasteiger partial charge is 0.345 e. The van der Waals surface area contributed by atoms with Crippen LogP contribution in [0.2, 0.25) is 0 Å². The van der Waals surface area contributed by atoms with Crippen LogP contribution in [0.25, 0.3) is 0 Å². The Kier molecular flexibility index (Phi) is 2.47. The number of hydrogen-bond donors (Lipinski definition) is 1. The van der Waals surface area contributed by atoms with Crippen molar-refractivity contribution in [1.29, 1.82) is 0 Å². The van der Waals surface area contributed by atoms with Gasteiger partial charge >= 0.3 is 0 Å². The number of hydrogen-bond acceptors (Lipinski definition) is 1. The lowest BCUT2D eigenvalue weighted by atomic mass is 9.86. The lowest BCUT2D eigenvalue weighted by Crippen LogP contribution is -2.16. The lowest BCUT2D eigenvalue weighted by Gasteiger charge is -2.20. The summed E-state index contributed by atoms with van der Waals surface area (Å²) in [6, 6.07) is 0. The number of aromatic nitrogens is 1. The van der Waals surface area contributed by atoms with E-state index in [-0.39, 0.29) is 0 Å². The molecule has 13 heavy (non-hydrogen) atoms. The van der Waals surface area contributed by atoms with E-state index in [9.17, 15) is 0 Å². The molecular weight excluding hydrogens is 228 g/mol. The average Bonchev–Trinajstić information content (AvgIpc) is 2.43. The van der Waals surface area contributed by atoms with Crippen LogP contribution in [0.1, 0.15) is 29.9 Å². The quantitative estimate of drug-likeness (QED) is 0.805. The Balaban J connectivity index is 2.45. The second-order valence-corrected chi connectivity index (χ2v) is 4.54. The Morgan fingerprint density at radius 1 is 1.69 bits per heavy atom. The van der Waals surface area contributed by atoms with Crippen molar-refractivity contribution in [2.45, 2.75) is 25.2 Å². The lowest BCUT2D eigenvalue weighted by molar-refractivity contribution is 0.563. The summed E-state index contributed by atoms with van der Waals surface area (Å²) >= 11 is 3.61. The summed E-state index contributed by atoms with van der Waals surface area (Å²) in [7, 11) is 2.08. The van der Waals surface area contributed by atoms with Gasteiger partial charge in [-0.2, -0.15) is 0 Å². The van der Waals surface area contributed by atoms with Crippen molar-refractivity contribution in [1.82, 2.24) is 4.57 Å². The van der Waals surface area contributed by atoms with Gasteiger partial charge < -0.3 is 10.3 Å². The summed E-state index contributed by atoms with van der Waals surface area (Å²) < 4.78 is 3.39. The van der Waals surface area contributed by atoms with Gasteiger partial charge in [0.05, 0.1) is 4.60 Å². The molecule has 2 N–H and O–H groups in total. The third-order valence-electron chi connectivity index (χ3n) is 2.94. The highest BCUT2D eigenvalue weighted by molar-refractivity contribution is 9.10. The minimum Gasteiger partial charge on any atom is -0.345 e. The molecule has 0 aliphatic heterocycles. The van der Waals surface area contributed by atoms with Crippen molar-refractivity contribution in [3.05, 3.63) is 21.9 Å². The molecule has 1 aromatic rings. The Hall–Kier alpha value is -0.280. The molecule has 1 unspecified atom stereocenters. The van der Waals surface area contributed by atoms with Crippen molar-refractivity contribution in [3.63, 3.8) is 0 Å². The average molecular weight is 243 g/mol. The second kappa shape index (κ2) is 3.46. The number of nitrogens with two attached hydrogens (primary N) is 1. The van der Waals surface area contributed by atoms with Crippen LogP contribution in [0, 0.1) is 0 Å². The zero-order valence-electron chi connectivity index (χ0n) is 7.89. The Morgan fingerprint density at radius 2 is 2.46 bits per heavy atom. The van der Waals surface area contributed by atoms with E-state index in [0.29, 0.717) is 5.92 Å². The van der Waals surface area contributed by atoms with Crippen LogP contribution >= 0.6 is 15.9 Å². The molecular formula is C10H15BrN2. The van der Waals surface area contributed by atoms with Gasteiger partial charge in [0.15, 0.2) is 0 Å². The minimum atomic E-state index is 0.584. The first-order valence-electron chi connectivity index (χ1n) is 4.77. The van der Waals surface area contributed by atoms with E-state index in [1.807, 2.05) is 0 Å². The van der Waals surface area contributed by atoms with Crippen molar-refractivity contribution < 1.29 is 0 Å². The highest BCUT2D eigenvalue weighted by atomic mass is 79.9. The highest BCUT2D eigenvalue weighted by Crippen LogP contribution is 2.35. The molecule has 0 spiro atoms. The number of aryl methyl sites for hydroxylation is 1. The van der Waals surface area contributed by atoms with Gasteiger partial charge in [-0.1, -0.05) is 0 Å². The van der Waals surface area contributed by atoms with Gasteiger partial charge in [-0.05, 0) is 58.8 Å². The van der Waals surface area contributed by atoms with Gasteiger partial charge in [-0.3, -0.25) is 0 Å². The second-order valence-electron chi connectivity index (χ2n) is 3.79. The molecule has 1 heterocycles. The molecule has 1 aromatic heterocycles. The maximum absolute atomic E-state index is 5.75. The van der Waals surface area contributed by atoms with Gasteiger partial charge in [-0.25, -0.2) is 0 Å². The molecule has 1 aliphatic rings. The molecule has 1 atom stereocenters. The topological polar surface area (TPSA) is 30.9 Å². The summed E-state index contributed by atoms with van der Waals surface area (Å²) in [5.41, 5.74) is 8.69. The maximum Gasteiger partial charge on any atom is 0.0879 e. The van der Waals surface area contributed by atoms with E-state index in [1.165, 1.54) is 35.0 Å². The van der Waals surface area contributed by atoms with E-state index in [0.717, 1.165) is 6.54 Å². The molecule has 3 heteroatoms. The summed E-state index contributed by atoms with van der Waals surface area (Å²) in [6.45, 7) is 0.781. The Bertz CT molecular complexity index is 317. The minimum absolute atomic E-state index is 0.584.